The number of hydrogen-bond acceptors (Lipinski definition) is 7. The van der Waals surface area contributed by atoms with Crippen LogP contribution in [0.2, 0.25) is 0 Å². The molecular weight excluding hydrogens is 368 g/mol. The van der Waals surface area contributed by atoms with Gasteiger partial charge >= 0.3 is 5.97 Å². The van der Waals surface area contributed by atoms with Crippen molar-refractivity contribution in [2.24, 2.45) is 11.8 Å². The van der Waals surface area contributed by atoms with E-state index < -0.39 is 29.1 Å². The normalized spacial score (nSPS) is 21.5. The zero-order valence-electron chi connectivity index (χ0n) is 16.5. The van der Waals surface area contributed by atoms with E-state index in [1.807, 2.05) is 0 Å². The second kappa shape index (κ2) is 9.38. The first kappa shape index (κ1) is 21.5. The molecule has 0 aliphatic heterocycles. The number of esters is 1. The molecule has 0 aromatic heterocycles. The molecule has 1 aromatic carbocycles. The van der Waals surface area contributed by atoms with Gasteiger partial charge in [-0.05, 0) is 18.3 Å². The molecule has 1 fully saturated rings. The van der Waals surface area contributed by atoms with Crippen molar-refractivity contribution in [3.63, 3.8) is 0 Å². The summed E-state index contributed by atoms with van der Waals surface area (Å²) in [5, 5.41) is 14.2. The van der Waals surface area contributed by atoms with Crippen LogP contribution in [-0.2, 0) is 9.53 Å². The van der Waals surface area contributed by atoms with E-state index in [9.17, 15) is 19.7 Å². The van der Waals surface area contributed by atoms with Gasteiger partial charge < -0.3 is 19.5 Å². The first-order valence-corrected chi connectivity index (χ1v) is 9.15. The Kier molecular flexibility index (Phi) is 7.19. The summed E-state index contributed by atoms with van der Waals surface area (Å²) in [6.45, 7) is 3.73. The van der Waals surface area contributed by atoms with Gasteiger partial charge in [0.25, 0.3) is 11.6 Å². The van der Waals surface area contributed by atoms with Crippen LogP contribution in [0.3, 0.4) is 0 Å². The van der Waals surface area contributed by atoms with Gasteiger partial charge in [-0.3, -0.25) is 14.9 Å². The lowest BCUT2D eigenvalue weighted by Crippen LogP contribution is -2.45. The molecule has 2 rings (SSSR count). The van der Waals surface area contributed by atoms with Crippen molar-refractivity contribution in [2.45, 2.75) is 39.2 Å². The molecule has 28 heavy (non-hydrogen) atoms. The molecule has 1 aliphatic rings. The Morgan fingerprint density at radius 1 is 1.18 bits per heavy atom. The van der Waals surface area contributed by atoms with Crippen LogP contribution in [0.1, 0.15) is 43.5 Å². The Balaban J connectivity index is 2.06. The molecule has 9 heteroatoms. The summed E-state index contributed by atoms with van der Waals surface area (Å²) in [5.41, 5.74) is -0.798. The quantitative estimate of drug-likeness (QED) is 0.429. The lowest BCUT2D eigenvalue weighted by molar-refractivity contribution is -0.385. The van der Waals surface area contributed by atoms with Crippen molar-refractivity contribution in [1.29, 1.82) is 0 Å². The number of benzene rings is 1. The van der Waals surface area contributed by atoms with Gasteiger partial charge in [-0.15, -0.1) is 0 Å². The van der Waals surface area contributed by atoms with Gasteiger partial charge in [-0.1, -0.05) is 26.7 Å². The highest BCUT2D eigenvalue weighted by Crippen LogP contribution is 2.35. The third-order valence-corrected chi connectivity index (χ3v) is 5.31. The average Bonchev–Trinajstić information content (AvgIpc) is 2.68. The van der Waals surface area contributed by atoms with Gasteiger partial charge in [-0.2, -0.15) is 0 Å². The van der Waals surface area contributed by atoms with E-state index in [0.717, 1.165) is 25.3 Å². The Morgan fingerprint density at radius 3 is 2.43 bits per heavy atom. The van der Waals surface area contributed by atoms with Crippen molar-refractivity contribution in [1.82, 2.24) is 5.32 Å². The fraction of sp³-hybridized carbons (Fsp3) is 0.579. The Labute approximate surface area is 163 Å². The number of carbonyl (C=O) groups is 2. The number of amides is 1. The standard InChI is InChI=1S/C19H26N2O7/c1-11-6-5-7-14(12(11)2)20-18(22)10-28-19(23)13-8-16(26-3)17(27-4)9-15(13)21(24)25/h8-9,11-12,14H,5-7,10H2,1-4H3,(H,20,22)/t11-,12+,14-/m0/s1. The molecule has 0 radical (unpaired) electrons. The lowest BCUT2D eigenvalue weighted by atomic mass is 9.78. The molecule has 0 bridgehead atoms. The molecule has 0 saturated heterocycles. The molecule has 3 atom stereocenters. The second-order valence-electron chi connectivity index (χ2n) is 7.00. The fourth-order valence-electron chi connectivity index (χ4n) is 3.43. The maximum Gasteiger partial charge on any atom is 0.345 e. The predicted molar refractivity (Wildman–Crippen MR) is 101 cm³/mol. The topological polar surface area (TPSA) is 117 Å². The maximum absolute atomic E-state index is 12.3. The van der Waals surface area contributed by atoms with Gasteiger partial charge in [0.15, 0.2) is 18.1 Å². The third-order valence-electron chi connectivity index (χ3n) is 5.31. The van der Waals surface area contributed by atoms with Gasteiger partial charge in [0.05, 0.1) is 25.2 Å². The highest BCUT2D eigenvalue weighted by atomic mass is 16.6. The van der Waals surface area contributed by atoms with Crippen LogP contribution >= 0.6 is 0 Å². The third kappa shape index (κ3) is 4.90. The van der Waals surface area contributed by atoms with Crippen LogP contribution in [0.25, 0.3) is 0 Å². The lowest BCUT2D eigenvalue weighted by Gasteiger charge is -2.34. The van der Waals surface area contributed by atoms with E-state index >= 15 is 0 Å². The SMILES string of the molecule is COc1cc(C(=O)OCC(=O)N[C@H]2CCC[C@H](C)[C@H]2C)c([N+](=O)[O-])cc1OC. The highest BCUT2D eigenvalue weighted by molar-refractivity contribution is 5.96. The zero-order valence-corrected chi connectivity index (χ0v) is 16.5. The molecule has 9 nitrogen and oxygen atoms in total. The maximum atomic E-state index is 12.3. The van der Waals surface area contributed by atoms with Crippen molar-refractivity contribution in [3.05, 3.63) is 27.8 Å². The number of nitro benzene ring substituents is 1. The number of rotatable bonds is 7. The molecule has 154 valence electrons. The van der Waals surface area contributed by atoms with Gasteiger partial charge in [0, 0.05) is 12.1 Å². The Bertz CT molecular complexity index is 750. The molecule has 0 unspecified atom stereocenters. The molecule has 1 aromatic rings. The van der Waals surface area contributed by atoms with Gasteiger partial charge in [0.2, 0.25) is 0 Å². The fourth-order valence-corrected chi connectivity index (χ4v) is 3.43. The smallest absolute Gasteiger partial charge is 0.345 e. The first-order chi connectivity index (χ1) is 13.3. The molecule has 0 heterocycles. The van der Waals surface area contributed by atoms with Crippen molar-refractivity contribution >= 4 is 17.6 Å². The van der Waals surface area contributed by atoms with Gasteiger partial charge in [-0.25, -0.2) is 4.79 Å². The summed E-state index contributed by atoms with van der Waals surface area (Å²) >= 11 is 0. The summed E-state index contributed by atoms with van der Waals surface area (Å²) in [6.07, 6.45) is 3.05. The molecule has 1 saturated carbocycles. The van der Waals surface area contributed by atoms with Crippen LogP contribution in [0.5, 0.6) is 11.5 Å². The summed E-state index contributed by atoms with van der Waals surface area (Å²) in [5.74, 6) is -0.301. The predicted octanol–water partition coefficient (Wildman–Crippen LogP) is 2.71. The number of carbonyl (C=O) groups excluding carboxylic acids is 2. The second-order valence-corrected chi connectivity index (χ2v) is 7.00. The molecule has 1 amide bonds. The van der Waals surface area contributed by atoms with E-state index in [1.54, 1.807) is 0 Å². The van der Waals surface area contributed by atoms with Crippen LogP contribution in [0.4, 0.5) is 5.69 Å². The van der Waals surface area contributed by atoms with Crippen molar-refractivity contribution in [3.8, 4) is 11.5 Å². The largest absolute Gasteiger partial charge is 0.493 e. The Hall–Kier alpha value is -2.84. The summed E-state index contributed by atoms with van der Waals surface area (Å²) in [4.78, 5) is 35.1. The van der Waals surface area contributed by atoms with Crippen LogP contribution < -0.4 is 14.8 Å². The summed E-state index contributed by atoms with van der Waals surface area (Å²) in [7, 11) is 2.68. The van der Waals surface area contributed by atoms with E-state index in [0.29, 0.717) is 11.8 Å². The van der Waals surface area contributed by atoms with Crippen LogP contribution in [-0.4, -0.2) is 43.7 Å². The number of nitro groups is 1. The minimum atomic E-state index is -0.979. The number of ether oxygens (including phenoxy) is 3. The minimum absolute atomic E-state index is 0.0327. The van der Waals surface area contributed by atoms with Crippen LogP contribution in [0, 0.1) is 22.0 Å². The Morgan fingerprint density at radius 2 is 1.82 bits per heavy atom. The van der Waals surface area contributed by atoms with Crippen molar-refractivity contribution < 1.29 is 28.7 Å². The van der Waals surface area contributed by atoms with Crippen molar-refractivity contribution in [2.75, 3.05) is 20.8 Å². The highest BCUT2D eigenvalue weighted by Gasteiger charge is 2.29. The van der Waals surface area contributed by atoms with E-state index in [1.165, 1.54) is 20.3 Å². The van der Waals surface area contributed by atoms with E-state index in [4.69, 9.17) is 14.2 Å². The average molecular weight is 394 g/mol. The first-order valence-electron chi connectivity index (χ1n) is 9.15. The van der Waals surface area contributed by atoms with Gasteiger partial charge in [0.1, 0.15) is 5.56 Å². The molecule has 0 spiro atoms. The summed E-state index contributed by atoms with van der Waals surface area (Å²) in [6, 6.07) is 2.29. The minimum Gasteiger partial charge on any atom is -0.493 e. The molecular formula is C19H26N2O7. The van der Waals surface area contributed by atoms with E-state index in [-0.39, 0.29) is 23.1 Å². The number of hydrogen-bond donors (Lipinski definition) is 1. The monoisotopic (exact) mass is 394 g/mol. The molecule has 1 aliphatic carbocycles. The number of nitrogens with zero attached hydrogens (tertiary/aromatic N) is 1. The summed E-state index contributed by atoms with van der Waals surface area (Å²) < 4.78 is 15.1. The zero-order chi connectivity index (χ0) is 20.8. The molecule has 1 N–H and O–H groups in total. The number of nitrogens with one attached hydrogen (secondary N) is 1. The number of methoxy groups -OCH3 is 2. The van der Waals surface area contributed by atoms with Crippen LogP contribution in [0.15, 0.2) is 12.1 Å². The van der Waals surface area contributed by atoms with E-state index in [2.05, 4.69) is 19.2 Å².